The first-order valence-electron chi connectivity index (χ1n) is 6.51. The van der Waals surface area contributed by atoms with Gasteiger partial charge in [-0.1, -0.05) is 18.2 Å². The first kappa shape index (κ1) is 14.5. The predicted octanol–water partition coefficient (Wildman–Crippen LogP) is 2.30. The van der Waals surface area contributed by atoms with Crippen LogP contribution in [0.4, 0.5) is 0 Å². The maximum Gasteiger partial charge on any atom is 0.0869 e. The van der Waals surface area contributed by atoms with Gasteiger partial charge < -0.3 is 15.3 Å². The van der Waals surface area contributed by atoms with Gasteiger partial charge in [-0.15, -0.1) is 11.3 Å². The van der Waals surface area contributed by atoms with E-state index >= 15 is 0 Å². The van der Waals surface area contributed by atoms with E-state index in [1.54, 1.807) is 0 Å². The van der Waals surface area contributed by atoms with Crippen molar-refractivity contribution < 1.29 is 5.11 Å². The maximum absolute atomic E-state index is 10.2. The normalized spacial score (nSPS) is 15.0. The fraction of sp³-hybridized carbons (Fsp3) is 0.467. The third-order valence-corrected chi connectivity index (χ3v) is 4.05. The van der Waals surface area contributed by atoms with Gasteiger partial charge in [-0.25, -0.2) is 0 Å². The van der Waals surface area contributed by atoms with Crippen molar-refractivity contribution >= 4 is 21.4 Å². The summed E-state index contributed by atoms with van der Waals surface area (Å²) in [4.78, 5) is 3.31. The first-order valence-corrected chi connectivity index (χ1v) is 7.33. The smallest absolute Gasteiger partial charge is 0.0869 e. The molecule has 2 aromatic rings. The second-order valence-corrected chi connectivity index (χ2v) is 6.76. The summed E-state index contributed by atoms with van der Waals surface area (Å²) >= 11 is 1.81. The number of hydrogen-bond donors (Lipinski definition) is 2. The zero-order valence-electron chi connectivity index (χ0n) is 11.8. The summed E-state index contributed by atoms with van der Waals surface area (Å²) in [5.74, 6) is 0. The molecule has 0 saturated carbocycles. The van der Waals surface area contributed by atoms with Crippen LogP contribution in [0.2, 0.25) is 0 Å². The number of thiophene rings is 1. The topological polar surface area (TPSA) is 35.5 Å². The van der Waals surface area contributed by atoms with E-state index in [1.807, 2.05) is 37.3 Å². The van der Waals surface area contributed by atoms with Crippen LogP contribution >= 0.6 is 11.3 Å². The number of nitrogens with one attached hydrogen (secondary N) is 1. The van der Waals surface area contributed by atoms with Crippen molar-refractivity contribution in [2.24, 2.45) is 0 Å². The quantitative estimate of drug-likeness (QED) is 0.851. The molecule has 0 aliphatic rings. The van der Waals surface area contributed by atoms with Gasteiger partial charge in [0, 0.05) is 29.2 Å². The summed E-state index contributed by atoms with van der Waals surface area (Å²) in [6, 6.07) is 10.6. The van der Waals surface area contributed by atoms with Gasteiger partial charge in [-0.2, -0.15) is 0 Å². The van der Waals surface area contributed by atoms with Crippen LogP contribution in [0, 0.1) is 0 Å². The number of aliphatic hydroxyl groups is 1. The molecule has 0 spiro atoms. The number of benzene rings is 1. The van der Waals surface area contributed by atoms with Crippen molar-refractivity contribution in [1.82, 2.24) is 10.2 Å². The summed E-state index contributed by atoms with van der Waals surface area (Å²) in [6.45, 7) is 3.93. The van der Waals surface area contributed by atoms with Gasteiger partial charge in [0.15, 0.2) is 0 Å². The van der Waals surface area contributed by atoms with Gasteiger partial charge >= 0.3 is 0 Å². The Balaban J connectivity index is 1.88. The molecule has 19 heavy (non-hydrogen) atoms. The minimum absolute atomic E-state index is 0.597. The van der Waals surface area contributed by atoms with E-state index in [4.69, 9.17) is 0 Å². The fourth-order valence-electron chi connectivity index (χ4n) is 2.32. The predicted molar refractivity (Wildman–Crippen MR) is 82.7 cm³/mol. The molecular weight excluding hydrogens is 256 g/mol. The van der Waals surface area contributed by atoms with E-state index in [0.717, 1.165) is 6.54 Å². The van der Waals surface area contributed by atoms with E-state index in [-0.39, 0.29) is 0 Å². The molecule has 2 rings (SSSR count). The lowest BCUT2D eigenvalue weighted by atomic mass is 10.1. The highest BCUT2D eigenvalue weighted by molar-refractivity contribution is 7.19. The zero-order chi connectivity index (χ0) is 13.9. The number of nitrogens with zero attached hydrogens (tertiary/aromatic N) is 1. The maximum atomic E-state index is 10.2. The molecule has 2 N–H and O–H groups in total. The summed E-state index contributed by atoms with van der Waals surface area (Å²) in [7, 11) is 3.95. The Kier molecular flexibility index (Phi) is 4.58. The second kappa shape index (κ2) is 6.01. The highest BCUT2D eigenvalue weighted by Crippen LogP contribution is 2.25. The van der Waals surface area contributed by atoms with E-state index in [2.05, 4.69) is 35.6 Å². The van der Waals surface area contributed by atoms with Gasteiger partial charge in [-0.3, -0.25) is 0 Å². The molecule has 0 saturated heterocycles. The summed E-state index contributed by atoms with van der Waals surface area (Å²) in [5, 5.41) is 14.8. The summed E-state index contributed by atoms with van der Waals surface area (Å²) in [6.07, 6.45) is 0. The van der Waals surface area contributed by atoms with Gasteiger partial charge in [0.25, 0.3) is 0 Å². The van der Waals surface area contributed by atoms with Crippen LogP contribution < -0.4 is 5.32 Å². The zero-order valence-corrected chi connectivity index (χ0v) is 12.6. The molecule has 0 fully saturated rings. The van der Waals surface area contributed by atoms with Gasteiger partial charge in [0.05, 0.1) is 5.60 Å². The molecule has 0 aliphatic heterocycles. The van der Waals surface area contributed by atoms with Crippen LogP contribution in [0.3, 0.4) is 0 Å². The average molecular weight is 278 g/mol. The van der Waals surface area contributed by atoms with Crippen LogP contribution in [0.1, 0.15) is 11.8 Å². The number of hydrogen-bond acceptors (Lipinski definition) is 4. The molecule has 0 radical (unpaired) electrons. The third kappa shape index (κ3) is 4.28. The lowest BCUT2D eigenvalue weighted by Gasteiger charge is -2.27. The Labute approximate surface area is 118 Å². The third-order valence-electron chi connectivity index (χ3n) is 2.94. The fourth-order valence-corrected chi connectivity index (χ4v) is 3.35. The number of rotatable bonds is 6. The minimum Gasteiger partial charge on any atom is -0.388 e. The van der Waals surface area contributed by atoms with E-state index in [0.29, 0.717) is 13.1 Å². The molecule has 1 atom stereocenters. The Hall–Kier alpha value is -0.940. The van der Waals surface area contributed by atoms with Crippen LogP contribution in [0.25, 0.3) is 10.1 Å². The van der Waals surface area contributed by atoms with Crippen LogP contribution in [-0.2, 0) is 6.54 Å². The molecule has 104 valence electrons. The molecule has 4 heteroatoms. The highest BCUT2D eigenvalue weighted by Gasteiger charge is 2.20. The minimum atomic E-state index is -0.694. The Morgan fingerprint density at radius 3 is 2.74 bits per heavy atom. The van der Waals surface area contributed by atoms with Crippen molar-refractivity contribution in [3.8, 4) is 0 Å². The van der Waals surface area contributed by atoms with Gasteiger partial charge in [0.1, 0.15) is 0 Å². The van der Waals surface area contributed by atoms with Crippen molar-refractivity contribution in [2.45, 2.75) is 19.1 Å². The molecule has 1 unspecified atom stereocenters. The van der Waals surface area contributed by atoms with E-state index in [9.17, 15) is 5.11 Å². The van der Waals surface area contributed by atoms with Gasteiger partial charge in [-0.05, 0) is 38.5 Å². The molecule has 1 heterocycles. The molecule has 0 aliphatic carbocycles. The van der Waals surface area contributed by atoms with Crippen molar-refractivity contribution in [2.75, 3.05) is 27.2 Å². The Morgan fingerprint density at radius 2 is 2.05 bits per heavy atom. The molecule has 0 amide bonds. The molecular formula is C15H22N2OS. The van der Waals surface area contributed by atoms with Gasteiger partial charge in [0.2, 0.25) is 0 Å². The molecule has 1 aromatic heterocycles. The molecule has 1 aromatic carbocycles. The van der Waals surface area contributed by atoms with E-state index in [1.165, 1.54) is 15.0 Å². The van der Waals surface area contributed by atoms with Crippen molar-refractivity contribution in [1.29, 1.82) is 0 Å². The number of fused-ring (bicyclic) bond motifs is 1. The first-order chi connectivity index (χ1) is 8.96. The summed E-state index contributed by atoms with van der Waals surface area (Å²) in [5.41, 5.74) is -0.694. The average Bonchev–Trinajstić information content (AvgIpc) is 2.69. The lowest BCUT2D eigenvalue weighted by molar-refractivity contribution is 0.0336. The SMILES string of the molecule is CN(C)CC(C)(O)CNCc1cc2ccccc2s1. The molecule has 3 nitrogen and oxygen atoms in total. The largest absolute Gasteiger partial charge is 0.388 e. The van der Waals surface area contributed by atoms with Crippen LogP contribution in [0.15, 0.2) is 30.3 Å². The van der Waals surface area contributed by atoms with E-state index < -0.39 is 5.60 Å². The monoisotopic (exact) mass is 278 g/mol. The van der Waals surface area contributed by atoms with Crippen LogP contribution in [-0.4, -0.2) is 42.8 Å². The second-order valence-electron chi connectivity index (χ2n) is 5.59. The van der Waals surface area contributed by atoms with Crippen molar-refractivity contribution in [3.63, 3.8) is 0 Å². The highest BCUT2D eigenvalue weighted by atomic mass is 32.1. The lowest BCUT2D eigenvalue weighted by Crippen LogP contribution is -2.45. The molecule has 0 bridgehead atoms. The standard InChI is InChI=1S/C15H22N2OS/c1-15(18,11-17(2)3)10-16-9-13-8-12-6-4-5-7-14(12)19-13/h4-8,16,18H,9-11H2,1-3H3. The van der Waals surface area contributed by atoms with Crippen LogP contribution in [0.5, 0.6) is 0 Å². The summed E-state index contributed by atoms with van der Waals surface area (Å²) < 4.78 is 1.32. The Morgan fingerprint density at radius 1 is 1.32 bits per heavy atom. The Bertz CT molecular complexity index is 501. The van der Waals surface area contributed by atoms with Crippen molar-refractivity contribution in [3.05, 3.63) is 35.2 Å². The number of likely N-dealkylation sites (N-methyl/N-ethyl adjacent to an activating group) is 1.